The summed E-state index contributed by atoms with van der Waals surface area (Å²) in [7, 11) is 1.91. The number of carbonyl (C=O) groups is 1. The lowest BCUT2D eigenvalue weighted by molar-refractivity contribution is -0.141. The number of hydrogen-bond acceptors (Lipinski definition) is 4. The van der Waals surface area contributed by atoms with E-state index in [4.69, 9.17) is 9.16 Å². The minimum Gasteiger partial charge on any atom is -0.538 e. The lowest BCUT2D eigenvalue weighted by Crippen LogP contribution is -2.37. The molecule has 0 unspecified atom stereocenters. The zero-order chi connectivity index (χ0) is 14.2. The monoisotopic (exact) mass is 273 g/mol. The van der Waals surface area contributed by atoms with Crippen LogP contribution in [0, 0.1) is 0 Å². The number of hydrogen-bond donors (Lipinski definition) is 0. The highest BCUT2D eigenvalue weighted by molar-refractivity contribution is 6.74. The zero-order valence-corrected chi connectivity index (χ0v) is 13.6. The van der Waals surface area contributed by atoms with Gasteiger partial charge in [-0.3, -0.25) is 0 Å². The number of esters is 1. The Bertz CT molecular complexity index is 278. The van der Waals surface area contributed by atoms with Crippen molar-refractivity contribution in [2.75, 3.05) is 20.7 Å². The molecular weight excluding hydrogens is 246 g/mol. The van der Waals surface area contributed by atoms with Gasteiger partial charge in [0.15, 0.2) is 0 Å². The third-order valence-electron chi connectivity index (χ3n) is 3.11. The Kier molecular flexibility index (Phi) is 7.74. The second-order valence-corrected chi connectivity index (χ2v) is 9.21. The van der Waals surface area contributed by atoms with Gasteiger partial charge in [0.05, 0.1) is 6.61 Å². The zero-order valence-electron chi connectivity index (χ0n) is 12.6. The van der Waals surface area contributed by atoms with Crippen molar-refractivity contribution in [2.45, 2.75) is 45.8 Å². The molecule has 0 saturated carbocycles. The highest BCUT2D eigenvalue weighted by Gasteiger charge is 2.33. The van der Waals surface area contributed by atoms with Crippen molar-refractivity contribution in [1.82, 2.24) is 4.90 Å². The van der Waals surface area contributed by atoms with Crippen LogP contribution < -0.4 is 0 Å². The third-order valence-corrected chi connectivity index (χ3v) is 7.63. The van der Waals surface area contributed by atoms with Gasteiger partial charge in [-0.05, 0) is 25.1 Å². The van der Waals surface area contributed by atoms with Gasteiger partial charge in [-0.2, -0.15) is 0 Å². The first kappa shape index (κ1) is 17.0. The molecule has 0 aliphatic heterocycles. The minimum absolute atomic E-state index is 0.346. The molecule has 0 rings (SSSR count). The summed E-state index contributed by atoms with van der Waals surface area (Å²) in [6.07, 6.45) is 1.71. The van der Waals surface area contributed by atoms with Crippen LogP contribution in [0.2, 0.25) is 18.1 Å². The van der Waals surface area contributed by atoms with Crippen LogP contribution in [-0.2, 0) is 14.0 Å². The normalized spacial score (nSPS) is 12.2. The molecule has 0 spiro atoms. The molecule has 0 N–H and O–H groups in total. The van der Waals surface area contributed by atoms with Crippen molar-refractivity contribution in [2.24, 2.45) is 0 Å². The summed E-state index contributed by atoms with van der Waals surface area (Å²) in [4.78, 5) is 13.7. The fourth-order valence-corrected chi connectivity index (χ4v) is 4.29. The quantitative estimate of drug-likeness (QED) is 0.295. The average molecular weight is 273 g/mol. The van der Waals surface area contributed by atoms with Crippen molar-refractivity contribution in [3.8, 4) is 0 Å². The Morgan fingerprint density at radius 1 is 1.11 bits per heavy atom. The number of ether oxygens (including phenoxy) is 1. The van der Waals surface area contributed by atoms with Gasteiger partial charge in [-0.1, -0.05) is 20.8 Å². The third kappa shape index (κ3) is 5.12. The van der Waals surface area contributed by atoms with E-state index in [1.54, 1.807) is 13.1 Å². The SMILES string of the molecule is CCOC(=O)/C(=C/N(C)C)O[Si](CC)(CC)CC. The van der Waals surface area contributed by atoms with E-state index in [1.807, 2.05) is 19.0 Å². The predicted molar refractivity (Wildman–Crippen MR) is 76.7 cm³/mol. The van der Waals surface area contributed by atoms with E-state index >= 15 is 0 Å². The Hall–Kier alpha value is -0.973. The lowest BCUT2D eigenvalue weighted by atomic mass is 10.5. The summed E-state index contributed by atoms with van der Waals surface area (Å²) in [6, 6.07) is 3.01. The summed E-state index contributed by atoms with van der Waals surface area (Å²) in [6.45, 7) is 8.58. The molecule has 106 valence electrons. The van der Waals surface area contributed by atoms with Crippen LogP contribution in [0.4, 0.5) is 0 Å². The van der Waals surface area contributed by atoms with Gasteiger partial charge in [0.1, 0.15) is 0 Å². The molecule has 0 radical (unpaired) electrons. The average Bonchev–Trinajstić information content (AvgIpc) is 2.34. The molecule has 0 amide bonds. The van der Waals surface area contributed by atoms with Crippen LogP contribution in [0.25, 0.3) is 0 Å². The highest BCUT2D eigenvalue weighted by atomic mass is 28.4. The van der Waals surface area contributed by atoms with E-state index in [2.05, 4.69) is 20.8 Å². The van der Waals surface area contributed by atoms with Gasteiger partial charge in [0, 0.05) is 20.3 Å². The molecule has 0 aromatic rings. The minimum atomic E-state index is -1.83. The highest BCUT2D eigenvalue weighted by Crippen LogP contribution is 2.25. The van der Waals surface area contributed by atoms with Gasteiger partial charge < -0.3 is 14.1 Å². The van der Waals surface area contributed by atoms with Crippen LogP contribution in [0.3, 0.4) is 0 Å². The molecule has 18 heavy (non-hydrogen) atoms. The summed E-state index contributed by atoms with van der Waals surface area (Å²) >= 11 is 0. The molecule has 0 aliphatic rings. The summed E-state index contributed by atoms with van der Waals surface area (Å²) in [5.41, 5.74) is 0. The van der Waals surface area contributed by atoms with E-state index < -0.39 is 8.32 Å². The van der Waals surface area contributed by atoms with Crippen LogP contribution in [0.5, 0.6) is 0 Å². The lowest BCUT2D eigenvalue weighted by Gasteiger charge is -2.29. The molecule has 0 heterocycles. The van der Waals surface area contributed by atoms with Crippen LogP contribution >= 0.6 is 0 Å². The molecule has 0 aromatic heterocycles. The molecular formula is C13H27NO3Si. The molecule has 0 saturated heterocycles. The maximum absolute atomic E-state index is 11.9. The van der Waals surface area contributed by atoms with Crippen molar-refractivity contribution >= 4 is 14.3 Å². The molecule has 0 bridgehead atoms. The Labute approximate surface area is 112 Å². The van der Waals surface area contributed by atoms with E-state index in [-0.39, 0.29) is 5.97 Å². The number of rotatable bonds is 8. The van der Waals surface area contributed by atoms with Crippen molar-refractivity contribution in [3.05, 3.63) is 12.0 Å². The largest absolute Gasteiger partial charge is 0.538 e. The first-order valence-electron chi connectivity index (χ1n) is 6.69. The number of carbonyl (C=O) groups excluding carboxylic acids is 1. The second kappa shape index (κ2) is 8.19. The van der Waals surface area contributed by atoms with Crippen molar-refractivity contribution < 1.29 is 14.0 Å². The summed E-state index contributed by atoms with van der Waals surface area (Å²) in [5, 5.41) is 0. The van der Waals surface area contributed by atoms with E-state index in [0.717, 1.165) is 18.1 Å². The van der Waals surface area contributed by atoms with E-state index in [0.29, 0.717) is 12.4 Å². The fourth-order valence-electron chi connectivity index (χ4n) is 1.76. The number of nitrogens with zero attached hydrogens (tertiary/aromatic N) is 1. The van der Waals surface area contributed by atoms with Gasteiger partial charge in [-0.25, -0.2) is 4.79 Å². The van der Waals surface area contributed by atoms with Gasteiger partial charge in [0.25, 0.3) is 8.32 Å². The molecule has 5 heteroatoms. The van der Waals surface area contributed by atoms with Crippen LogP contribution in [0.15, 0.2) is 12.0 Å². The Balaban J connectivity index is 5.05. The van der Waals surface area contributed by atoms with Crippen molar-refractivity contribution in [1.29, 1.82) is 0 Å². The Morgan fingerprint density at radius 2 is 1.61 bits per heavy atom. The van der Waals surface area contributed by atoms with Gasteiger partial charge in [0.2, 0.25) is 5.76 Å². The Morgan fingerprint density at radius 3 is 1.94 bits per heavy atom. The maximum atomic E-state index is 11.9. The molecule has 0 atom stereocenters. The first-order valence-corrected chi connectivity index (χ1v) is 9.22. The molecule has 0 fully saturated rings. The van der Waals surface area contributed by atoms with Crippen LogP contribution in [0.1, 0.15) is 27.7 Å². The fraction of sp³-hybridized carbons (Fsp3) is 0.769. The molecule has 0 aliphatic carbocycles. The maximum Gasteiger partial charge on any atom is 0.373 e. The van der Waals surface area contributed by atoms with E-state index in [1.165, 1.54) is 0 Å². The van der Waals surface area contributed by atoms with Gasteiger partial charge in [-0.15, -0.1) is 0 Å². The topological polar surface area (TPSA) is 38.8 Å². The molecule has 0 aromatic carbocycles. The van der Waals surface area contributed by atoms with Crippen molar-refractivity contribution in [3.63, 3.8) is 0 Å². The molecule has 4 nitrogen and oxygen atoms in total. The standard InChI is InChI=1S/C13H27NO3Si/c1-7-16-13(15)12(11-14(5)6)17-18(8-2,9-3)10-4/h11H,7-10H2,1-6H3/b12-11-. The second-order valence-electron chi connectivity index (χ2n) is 4.52. The predicted octanol–water partition coefficient (Wildman–Crippen LogP) is 2.97. The smallest absolute Gasteiger partial charge is 0.373 e. The summed E-state index contributed by atoms with van der Waals surface area (Å²) in [5.74, 6) is -0.0162. The summed E-state index contributed by atoms with van der Waals surface area (Å²) < 4.78 is 11.1. The van der Waals surface area contributed by atoms with Crippen LogP contribution in [-0.4, -0.2) is 39.9 Å². The van der Waals surface area contributed by atoms with Gasteiger partial charge >= 0.3 is 5.97 Å². The van der Waals surface area contributed by atoms with E-state index in [9.17, 15) is 4.79 Å². The first-order chi connectivity index (χ1) is 8.44.